The fraction of sp³-hybridized carbons (Fsp3) is 0.357. The van der Waals surface area contributed by atoms with Gasteiger partial charge in [0.05, 0.1) is 12.1 Å². The predicted octanol–water partition coefficient (Wildman–Crippen LogP) is 2.69. The molecule has 0 radical (unpaired) electrons. The third kappa shape index (κ3) is 2.64. The quantitative estimate of drug-likeness (QED) is 0.826. The SMILES string of the molecule is CCOC(=O)CCCn1cc(O)c2ccccc21. The Bertz CT molecular complexity index is 545. The van der Waals surface area contributed by atoms with E-state index in [2.05, 4.69) is 0 Å². The molecular weight excluding hydrogens is 230 g/mol. The molecule has 0 bridgehead atoms. The first-order valence-corrected chi connectivity index (χ1v) is 6.15. The smallest absolute Gasteiger partial charge is 0.305 e. The van der Waals surface area contributed by atoms with Gasteiger partial charge in [0, 0.05) is 24.5 Å². The lowest BCUT2D eigenvalue weighted by Crippen LogP contribution is -2.05. The third-order valence-corrected chi connectivity index (χ3v) is 2.85. The van der Waals surface area contributed by atoms with E-state index in [4.69, 9.17) is 4.74 Å². The largest absolute Gasteiger partial charge is 0.506 e. The molecule has 0 saturated heterocycles. The molecule has 1 N–H and O–H groups in total. The summed E-state index contributed by atoms with van der Waals surface area (Å²) in [6.45, 7) is 2.92. The summed E-state index contributed by atoms with van der Waals surface area (Å²) < 4.78 is 6.84. The second-order valence-electron chi connectivity index (χ2n) is 4.13. The van der Waals surface area contributed by atoms with E-state index in [-0.39, 0.29) is 11.7 Å². The Kier molecular flexibility index (Phi) is 3.87. The summed E-state index contributed by atoms with van der Waals surface area (Å²) in [5.41, 5.74) is 0.985. The third-order valence-electron chi connectivity index (χ3n) is 2.85. The van der Waals surface area contributed by atoms with Crippen molar-refractivity contribution in [2.75, 3.05) is 6.61 Å². The fourth-order valence-corrected chi connectivity index (χ4v) is 2.04. The van der Waals surface area contributed by atoms with Gasteiger partial charge in [-0.2, -0.15) is 0 Å². The minimum atomic E-state index is -0.168. The molecule has 0 atom stereocenters. The van der Waals surface area contributed by atoms with E-state index in [1.807, 2.05) is 28.8 Å². The van der Waals surface area contributed by atoms with E-state index in [1.54, 1.807) is 13.1 Å². The number of para-hydroxylation sites is 1. The van der Waals surface area contributed by atoms with Crippen LogP contribution >= 0.6 is 0 Å². The zero-order chi connectivity index (χ0) is 13.0. The number of benzene rings is 1. The van der Waals surface area contributed by atoms with Crippen molar-refractivity contribution in [3.05, 3.63) is 30.5 Å². The summed E-state index contributed by atoms with van der Waals surface area (Å²) in [7, 11) is 0. The molecule has 0 saturated carbocycles. The number of hydrogen-bond donors (Lipinski definition) is 1. The van der Waals surface area contributed by atoms with E-state index in [0.29, 0.717) is 26.0 Å². The molecule has 2 rings (SSSR count). The monoisotopic (exact) mass is 247 g/mol. The lowest BCUT2D eigenvalue weighted by Gasteiger charge is -2.04. The number of rotatable bonds is 5. The lowest BCUT2D eigenvalue weighted by atomic mass is 10.2. The molecule has 1 aromatic carbocycles. The van der Waals surface area contributed by atoms with Crippen LogP contribution in [-0.2, 0) is 16.1 Å². The van der Waals surface area contributed by atoms with Crippen LogP contribution in [0.4, 0.5) is 0 Å². The average Bonchev–Trinajstić information content (AvgIpc) is 2.68. The van der Waals surface area contributed by atoms with Crippen LogP contribution in [0.3, 0.4) is 0 Å². The first-order valence-electron chi connectivity index (χ1n) is 6.15. The zero-order valence-electron chi connectivity index (χ0n) is 10.4. The number of aromatic nitrogens is 1. The van der Waals surface area contributed by atoms with E-state index >= 15 is 0 Å². The molecule has 0 unspecified atom stereocenters. The zero-order valence-corrected chi connectivity index (χ0v) is 10.4. The summed E-state index contributed by atoms with van der Waals surface area (Å²) in [5.74, 6) is 0.111. The van der Waals surface area contributed by atoms with E-state index < -0.39 is 0 Å². The van der Waals surface area contributed by atoms with Crippen molar-refractivity contribution in [3.8, 4) is 5.75 Å². The van der Waals surface area contributed by atoms with Gasteiger partial charge in [0.15, 0.2) is 0 Å². The number of hydrogen-bond acceptors (Lipinski definition) is 3. The van der Waals surface area contributed by atoms with E-state index in [9.17, 15) is 9.90 Å². The van der Waals surface area contributed by atoms with Gasteiger partial charge < -0.3 is 14.4 Å². The van der Waals surface area contributed by atoms with Crippen LogP contribution in [0.2, 0.25) is 0 Å². The Morgan fingerprint density at radius 3 is 2.94 bits per heavy atom. The highest BCUT2D eigenvalue weighted by atomic mass is 16.5. The first-order chi connectivity index (χ1) is 8.72. The standard InChI is InChI=1S/C14H17NO3/c1-2-18-14(17)8-5-9-15-10-13(16)11-6-3-4-7-12(11)15/h3-4,6-7,10,16H,2,5,8-9H2,1H3. The van der Waals surface area contributed by atoms with Crippen LogP contribution in [0.25, 0.3) is 10.9 Å². The summed E-state index contributed by atoms with van der Waals surface area (Å²) in [6.07, 6.45) is 2.81. The summed E-state index contributed by atoms with van der Waals surface area (Å²) in [4.78, 5) is 11.2. The van der Waals surface area contributed by atoms with Crippen molar-refractivity contribution in [1.82, 2.24) is 4.57 Å². The molecule has 0 fully saturated rings. The van der Waals surface area contributed by atoms with Gasteiger partial charge >= 0.3 is 5.97 Å². The van der Waals surface area contributed by atoms with Crippen molar-refractivity contribution < 1.29 is 14.6 Å². The predicted molar refractivity (Wildman–Crippen MR) is 69.5 cm³/mol. The second kappa shape index (κ2) is 5.58. The Hall–Kier alpha value is -1.97. The molecule has 0 aliphatic rings. The van der Waals surface area contributed by atoms with Gasteiger partial charge in [0.25, 0.3) is 0 Å². The summed E-state index contributed by atoms with van der Waals surface area (Å²) in [5, 5.41) is 10.6. The highest BCUT2D eigenvalue weighted by Gasteiger charge is 2.07. The van der Waals surface area contributed by atoms with Crippen molar-refractivity contribution in [1.29, 1.82) is 0 Å². The molecule has 4 nitrogen and oxygen atoms in total. The van der Waals surface area contributed by atoms with Crippen LogP contribution in [0, 0.1) is 0 Å². The molecule has 0 aliphatic heterocycles. The molecule has 0 amide bonds. The number of carbonyl (C=O) groups excluding carboxylic acids is 1. The van der Waals surface area contributed by atoms with Gasteiger partial charge in [-0.3, -0.25) is 4.79 Å². The molecule has 1 aromatic heterocycles. The number of esters is 1. The molecule has 0 aliphatic carbocycles. The van der Waals surface area contributed by atoms with E-state index in [1.165, 1.54) is 0 Å². The highest BCUT2D eigenvalue weighted by molar-refractivity contribution is 5.86. The molecule has 18 heavy (non-hydrogen) atoms. The summed E-state index contributed by atoms with van der Waals surface area (Å²) in [6, 6.07) is 7.67. The van der Waals surface area contributed by atoms with Gasteiger partial charge in [-0.25, -0.2) is 0 Å². The highest BCUT2D eigenvalue weighted by Crippen LogP contribution is 2.26. The van der Waals surface area contributed by atoms with Gasteiger partial charge in [-0.05, 0) is 25.5 Å². The Balaban J connectivity index is 2.02. The Labute approximate surface area is 106 Å². The molecule has 4 heteroatoms. The van der Waals surface area contributed by atoms with Crippen molar-refractivity contribution in [2.24, 2.45) is 0 Å². The van der Waals surface area contributed by atoms with Crippen LogP contribution in [0.15, 0.2) is 30.5 Å². The minimum Gasteiger partial charge on any atom is -0.506 e. The molecule has 0 spiro atoms. The van der Waals surface area contributed by atoms with E-state index in [0.717, 1.165) is 10.9 Å². The van der Waals surface area contributed by atoms with Crippen LogP contribution in [0.5, 0.6) is 5.75 Å². The number of aromatic hydroxyl groups is 1. The number of aryl methyl sites for hydroxylation is 1. The van der Waals surface area contributed by atoms with Gasteiger partial charge in [0.2, 0.25) is 0 Å². The van der Waals surface area contributed by atoms with Gasteiger partial charge in [-0.1, -0.05) is 12.1 Å². The van der Waals surface area contributed by atoms with Gasteiger partial charge in [0.1, 0.15) is 5.75 Å². The Morgan fingerprint density at radius 1 is 1.39 bits per heavy atom. The van der Waals surface area contributed by atoms with Crippen molar-refractivity contribution >= 4 is 16.9 Å². The lowest BCUT2D eigenvalue weighted by molar-refractivity contribution is -0.143. The van der Waals surface area contributed by atoms with Crippen LogP contribution in [-0.4, -0.2) is 22.2 Å². The molecule has 96 valence electrons. The van der Waals surface area contributed by atoms with Crippen LogP contribution in [0.1, 0.15) is 19.8 Å². The van der Waals surface area contributed by atoms with Crippen LogP contribution < -0.4 is 0 Å². The number of fused-ring (bicyclic) bond motifs is 1. The number of carbonyl (C=O) groups is 1. The molecule has 2 aromatic rings. The fourth-order valence-electron chi connectivity index (χ4n) is 2.04. The van der Waals surface area contributed by atoms with Crippen molar-refractivity contribution in [3.63, 3.8) is 0 Å². The minimum absolute atomic E-state index is 0.168. The topological polar surface area (TPSA) is 51.5 Å². The summed E-state index contributed by atoms with van der Waals surface area (Å²) >= 11 is 0. The maximum atomic E-state index is 11.2. The Morgan fingerprint density at radius 2 is 2.17 bits per heavy atom. The second-order valence-corrected chi connectivity index (χ2v) is 4.13. The number of nitrogens with zero attached hydrogens (tertiary/aromatic N) is 1. The first kappa shape index (κ1) is 12.5. The molecule has 1 heterocycles. The van der Waals surface area contributed by atoms with Crippen molar-refractivity contribution in [2.45, 2.75) is 26.3 Å². The maximum Gasteiger partial charge on any atom is 0.305 e. The molecular formula is C14H17NO3. The number of ether oxygens (including phenoxy) is 1. The normalized spacial score (nSPS) is 10.7. The average molecular weight is 247 g/mol. The van der Waals surface area contributed by atoms with Gasteiger partial charge in [-0.15, -0.1) is 0 Å². The maximum absolute atomic E-state index is 11.2.